The Labute approximate surface area is 126 Å². The highest BCUT2D eigenvalue weighted by atomic mass is 32.1. The molecule has 0 saturated heterocycles. The molecule has 0 aliphatic rings. The van der Waals surface area contributed by atoms with Crippen LogP contribution < -0.4 is 5.32 Å². The first-order valence-corrected chi connectivity index (χ1v) is 7.12. The lowest BCUT2D eigenvalue weighted by Crippen LogP contribution is -2.21. The van der Waals surface area contributed by atoms with Gasteiger partial charge in [0.1, 0.15) is 0 Å². The average Bonchev–Trinajstić information content (AvgIpc) is 2.93. The molecule has 0 saturated carbocycles. The van der Waals surface area contributed by atoms with Crippen LogP contribution in [0.15, 0.2) is 35.7 Å². The van der Waals surface area contributed by atoms with Crippen LogP contribution in [0, 0.1) is 10.1 Å². The van der Waals surface area contributed by atoms with Crippen molar-refractivity contribution < 1.29 is 9.72 Å². The number of hydrogen-bond acceptors (Lipinski definition) is 5. The minimum Gasteiger partial charge on any atom is -0.381 e. The van der Waals surface area contributed by atoms with Gasteiger partial charge < -0.3 is 10.2 Å². The number of hydrogen-bond donors (Lipinski definition) is 1. The van der Waals surface area contributed by atoms with Crippen molar-refractivity contribution in [1.82, 2.24) is 4.90 Å². The molecule has 0 radical (unpaired) electrons. The first kappa shape index (κ1) is 15.0. The van der Waals surface area contributed by atoms with Gasteiger partial charge in [-0.05, 0) is 23.8 Å². The minimum atomic E-state index is -0.398. The van der Waals surface area contributed by atoms with Crippen LogP contribution in [0.1, 0.15) is 15.9 Å². The van der Waals surface area contributed by atoms with Gasteiger partial charge in [-0.15, -0.1) is 0 Å². The van der Waals surface area contributed by atoms with Crippen molar-refractivity contribution in [2.75, 3.05) is 19.4 Å². The number of rotatable bonds is 5. The summed E-state index contributed by atoms with van der Waals surface area (Å²) >= 11 is 1.10. The maximum atomic E-state index is 11.9. The predicted molar refractivity (Wildman–Crippen MR) is 82.8 cm³/mol. The van der Waals surface area contributed by atoms with E-state index in [4.69, 9.17) is 0 Å². The van der Waals surface area contributed by atoms with Gasteiger partial charge in [0.2, 0.25) is 0 Å². The van der Waals surface area contributed by atoms with Gasteiger partial charge in [0.25, 0.3) is 5.91 Å². The molecule has 2 rings (SSSR count). The van der Waals surface area contributed by atoms with Crippen molar-refractivity contribution >= 4 is 27.9 Å². The van der Waals surface area contributed by atoms with Crippen molar-refractivity contribution in [2.24, 2.45) is 0 Å². The van der Waals surface area contributed by atoms with Crippen molar-refractivity contribution in [3.8, 4) is 0 Å². The van der Waals surface area contributed by atoms with Gasteiger partial charge in [0, 0.05) is 43.3 Å². The smallest absolute Gasteiger partial charge is 0.324 e. The standard InChI is InChI=1S/C14H15N3O3S/c1-16(2)14(18)11-4-3-5-12(7-11)15-8-10-6-13(17(19)20)21-9-10/h3-7,9,15H,8H2,1-2H3. The Kier molecular flexibility index (Phi) is 4.54. The Morgan fingerprint density at radius 2 is 2.14 bits per heavy atom. The van der Waals surface area contributed by atoms with Crippen LogP contribution in [-0.4, -0.2) is 29.8 Å². The molecule has 7 heteroatoms. The van der Waals surface area contributed by atoms with Crippen LogP contribution in [0.3, 0.4) is 0 Å². The summed E-state index contributed by atoms with van der Waals surface area (Å²) in [5.74, 6) is -0.0650. The van der Waals surface area contributed by atoms with Crippen molar-refractivity contribution in [2.45, 2.75) is 6.54 Å². The Morgan fingerprint density at radius 3 is 2.76 bits per heavy atom. The maximum Gasteiger partial charge on any atom is 0.324 e. The second-order valence-corrected chi connectivity index (χ2v) is 5.57. The van der Waals surface area contributed by atoms with E-state index in [1.807, 2.05) is 6.07 Å². The number of amides is 1. The normalized spacial score (nSPS) is 10.2. The summed E-state index contributed by atoms with van der Waals surface area (Å²) in [6.45, 7) is 0.476. The van der Waals surface area contributed by atoms with Gasteiger partial charge in [0.15, 0.2) is 0 Å². The summed E-state index contributed by atoms with van der Waals surface area (Å²) < 4.78 is 0. The van der Waals surface area contributed by atoms with Crippen LogP contribution in [0.4, 0.5) is 10.7 Å². The van der Waals surface area contributed by atoms with E-state index in [0.29, 0.717) is 12.1 Å². The Balaban J connectivity index is 2.04. The van der Waals surface area contributed by atoms with Crippen molar-refractivity contribution in [1.29, 1.82) is 0 Å². The van der Waals surface area contributed by atoms with E-state index < -0.39 is 4.92 Å². The molecule has 0 atom stereocenters. The van der Waals surface area contributed by atoms with E-state index in [1.54, 1.807) is 43.7 Å². The largest absolute Gasteiger partial charge is 0.381 e. The van der Waals surface area contributed by atoms with Gasteiger partial charge in [-0.2, -0.15) is 0 Å². The van der Waals surface area contributed by atoms with Crippen LogP contribution in [0.2, 0.25) is 0 Å². The van der Waals surface area contributed by atoms with Gasteiger partial charge in [-0.25, -0.2) is 0 Å². The SMILES string of the molecule is CN(C)C(=O)c1cccc(NCc2csc([N+](=O)[O-])c2)c1. The fraction of sp³-hybridized carbons (Fsp3) is 0.214. The Bertz CT molecular complexity index is 667. The summed E-state index contributed by atoms with van der Waals surface area (Å²) in [5, 5.41) is 15.7. The van der Waals surface area contributed by atoms with Crippen LogP contribution >= 0.6 is 11.3 Å². The summed E-state index contributed by atoms with van der Waals surface area (Å²) in [5.41, 5.74) is 2.24. The molecule has 1 heterocycles. The van der Waals surface area contributed by atoms with Crippen LogP contribution in [-0.2, 0) is 6.54 Å². The molecule has 1 aromatic heterocycles. The fourth-order valence-corrected chi connectivity index (χ4v) is 2.50. The third-order valence-electron chi connectivity index (χ3n) is 2.83. The topological polar surface area (TPSA) is 75.5 Å². The van der Waals surface area contributed by atoms with E-state index in [1.165, 1.54) is 4.90 Å². The number of carbonyl (C=O) groups is 1. The summed E-state index contributed by atoms with van der Waals surface area (Å²) in [7, 11) is 3.40. The third-order valence-corrected chi connectivity index (χ3v) is 3.76. The van der Waals surface area contributed by atoms with E-state index in [9.17, 15) is 14.9 Å². The molecule has 0 fully saturated rings. The van der Waals surface area contributed by atoms with Crippen LogP contribution in [0.5, 0.6) is 0 Å². The minimum absolute atomic E-state index is 0.0650. The number of benzene rings is 1. The molecule has 0 unspecified atom stereocenters. The zero-order valence-corrected chi connectivity index (χ0v) is 12.5. The monoisotopic (exact) mass is 305 g/mol. The first-order valence-electron chi connectivity index (χ1n) is 6.25. The molecule has 6 nitrogen and oxygen atoms in total. The Hall–Kier alpha value is -2.41. The zero-order chi connectivity index (χ0) is 15.4. The molecule has 0 aliphatic heterocycles. The first-order chi connectivity index (χ1) is 9.97. The molecule has 0 bridgehead atoms. The average molecular weight is 305 g/mol. The zero-order valence-electron chi connectivity index (χ0n) is 11.7. The van der Waals surface area contributed by atoms with Crippen molar-refractivity contribution in [3.05, 3.63) is 57.0 Å². The number of nitrogens with zero attached hydrogens (tertiary/aromatic N) is 2. The molecule has 1 N–H and O–H groups in total. The number of anilines is 1. The number of nitrogens with one attached hydrogen (secondary N) is 1. The molecule has 1 aromatic carbocycles. The molecule has 1 amide bonds. The molecule has 21 heavy (non-hydrogen) atoms. The molecular formula is C14H15N3O3S. The third kappa shape index (κ3) is 3.79. The van der Waals surface area contributed by atoms with Crippen molar-refractivity contribution in [3.63, 3.8) is 0 Å². The highest BCUT2D eigenvalue weighted by Gasteiger charge is 2.10. The second kappa shape index (κ2) is 6.36. The molecule has 2 aromatic rings. The van der Waals surface area contributed by atoms with Gasteiger partial charge >= 0.3 is 5.00 Å². The summed E-state index contributed by atoms with van der Waals surface area (Å²) in [6, 6.07) is 8.72. The van der Waals surface area contributed by atoms with E-state index in [2.05, 4.69) is 5.32 Å². The second-order valence-electron chi connectivity index (χ2n) is 4.68. The quantitative estimate of drug-likeness (QED) is 0.680. The lowest BCUT2D eigenvalue weighted by Gasteiger charge is -2.11. The highest BCUT2D eigenvalue weighted by Crippen LogP contribution is 2.23. The summed E-state index contributed by atoms with van der Waals surface area (Å²) in [4.78, 5) is 23.6. The number of carbonyl (C=O) groups excluding carboxylic acids is 1. The lowest BCUT2D eigenvalue weighted by atomic mass is 10.2. The van der Waals surface area contributed by atoms with Gasteiger partial charge in [0.05, 0.1) is 4.92 Å². The maximum absolute atomic E-state index is 11.9. The van der Waals surface area contributed by atoms with E-state index in [0.717, 1.165) is 22.6 Å². The molecule has 0 aliphatic carbocycles. The lowest BCUT2D eigenvalue weighted by molar-refractivity contribution is -0.380. The number of thiophene rings is 1. The molecular weight excluding hydrogens is 290 g/mol. The molecule has 110 valence electrons. The van der Waals surface area contributed by atoms with E-state index in [-0.39, 0.29) is 10.9 Å². The molecule has 0 spiro atoms. The van der Waals surface area contributed by atoms with E-state index >= 15 is 0 Å². The highest BCUT2D eigenvalue weighted by molar-refractivity contribution is 7.13. The summed E-state index contributed by atoms with van der Waals surface area (Å²) in [6.07, 6.45) is 0. The van der Waals surface area contributed by atoms with Crippen LogP contribution in [0.25, 0.3) is 0 Å². The predicted octanol–water partition coefficient (Wildman–Crippen LogP) is 2.97. The Morgan fingerprint density at radius 1 is 1.38 bits per heavy atom. The van der Waals surface area contributed by atoms with Gasteiger partial charge in [-0.1, -0.05) is 17.4 Å². The number of nitro groups is 1. The fourth-order valence-electron chi connectivity index (χ4n) is 1.78. The van der Waals surface area contributed by atoms with Gasteiger partial charge in [-0.3, -0.25) is 14.9 Å².